The van der Waals surface area contributed by atoms with Crippen LogP contribution in [0, 0.1) is 0 Å². The Morgan fingerprint density at radius 1 is 0.455 bits per heavy atom. The fourth-order valence-electron chi connectivity index (χ4n) is 6.61. The number of hydrogen-bond donors (Lipinski definition) is 0. The number of aromatic nitrogens is 3. The molecule has 9 aromatic rings. The molecule has 0 saturated carbocycles. The maximum atomic E-state index is 6.02. The van der Waals surface area contributed by atoms with Gasteiger partial charge in [-0.25, -0.2) is 9.97 Å². The molecule has 0 atom stereocenters. The van der Waals surface area contributed by atoms with E-state index in [0.717, 1.165) is 49.7 Å². The molecule has 3 heterocycles. The maximum absolute atomic E-state index is 6.02. The summed E-state index contributed by atoms with van der Waals surface area (Å²) in [5.41, 5.74) is 7.92. The predicted octanol–water partition coefficient (Wildman–Crippen LogP) is 10.6. The van der Waals surface area contributed by atoms with Crippen molar-refractivity contribution in [3.8, 4) is 16.8 Å². The average molecular weight is 564 g/mol. The Balaban J connectivity index is 1.49. The highest BCUT2D eigenvalue weighted by atomic mass is 16.3. The highest BCUT2D eigenvalue weighted by Crippen LogP contribution is 2.37. The molecule has 9 rings (SSSR count). The second kappa shape index (κ2) is 9.79. The van der Waals surface area contributed by atoms with Gasteiger partial charge in [0.15, 0.2) is 5.58 Å². The minimum atomic E-state index is 0.693. The smallest absolute Gasteiger partial charge is 0.172 e. The van der Waals surface area contributed by atoms with Crippen LogP contribution in [0.5, 0.6) is 0 Å². The molecule has 0 spiro atoms. The van der Waals surface area contributed by atoms with Crippen LogP contribution in [0.15, 0.2) is 156 Å². The van der Waals surface area contributed by atoms with Crippen LogP contribution in [0.2, 0.25) is 0 Å². The van der Waals surface area contributed by atoms with E-state index < -0.39 is 0 Å². The van der Waals surface area contributed by atoms with Gasteiger partial charge in [-0.2, -0.15) is 0 Å². The van der Waals surface area contributed by atoms with Crippen LogP contribution < -0.4 is 0 Å². The standard InChI is InChI=1S/C40H25N3O/c1-2-10-28(11-3-1)43-36-17-9-8-16-33(36)31-14-6-4-12-29(31)30-13-5-7-15-32(30)34-22-26(18-20-37(34)43)27-19-21-38-35(23-27)40-39(44-38)24-41-25-42-40/h1-25H. The largest absolute Gasteiger partial charge is 0.453 e. The van der Waals surface area contributed by atoms with Gasteiger partial charge in [0.2, 0.25) is 0 Å². The molecule has 0 N–H and O–H groups in total. The highest BCUT2D eigenvalue weighted by Gasteiger charge is 2.13. The molecule has 0 saturated heterocycles. The minimum Gasteiger partial charge on any atom is -0.453 e. The number of para-hydroxylation sites is 2. The number of furan rings is 1. The number of rotatable bonds is 2. The zero-order valence-corrected chi connectivity index (χ0v) is 23.7. The molecule has 3 aromatic heterocycles. The van der Waals surface area contributed by atoms with Gasteiger partial charge in [0.1, 0.15) is 17.4 Å². The van der Waals surface area contributed by atoms with Gasteiger partial charge in [-0.15, -0.1) is 0 Å². The van der Waals surface area contributed by atoms with Crippen molar-refractivity contribution in [1.29, 1.82) is 0 Å². The van der Waals surface area contributed by atoms with Crippen LogP contribution in [0.3, 0.4) is 0 Å². The van der Waals surface area contributed by atoms with E-state index in [9.17, 15) is 0 Å². The summed E-state index contributed by atoms with van der Waals surface area (Å²) in [5.74, 6) is 0. The van der Waals surface area contributed by atoms with Gasteiger partial charge in [0.25, 0.3) is 0 Å². The van der Waals surface area contributed by atoms with E-state index in [4.69, 9.17) is 4.42 Å². The fraction of sp³-hybridized carbons (Fsp3) is 0. The van der Waals surface area contributed by atoms with Crippen molar-refractivity contribution in [1.82, 2.24) is 14.5 Å². The molecule has 44 heavy (non-hydrogen) atoms. The Morgan fingerprint density at radius 2 is 1.02 bits per heavy atom. The molecule has 0 fully saturated rings. The Morgan fingerprint density at radius 3 is 1.77 bits per heavy atom. The molecular weight excluding hydrogens is 538 g/mol. The minimum absolute atomic E-state index is 0.693. The second-order valence-electron chi connectivity index (χ2n) is 11.1. The summed E-state index contributed by atoms with van der Waals surface area (Å²) in [7, 11) is 0. The van der Waals surface area contributed by atoms with E-state index in [1.165, 1.54) is 26.9 Å². The first-order chi connectivity index (χ1) is 21.8. The number of benzene rings is 6. The lowest BCUT2D eigenvalue weighted by molar-refractivity contribution is 0.665. The van der Waals surface area contributed by atoms with E-state index in [2.05, 4.69) is 148 Å². The zero-order chi connectivity index (χ0) is 29.0. The lowest BCUT2D eigenvalue weighted by Gasteiger charge is -2.14. The molecule has 0 aliphatic heterocycles. The summed E-state index contributed by atoms with van der Waals surface area (Å²) in [5, 5.41) is 8.16. The summed E-state index contributed by atoms with van der Waals surface area (Å²) in [6, 6.07) is 50.1. The van der Waals surface area contributed by atoms with Gasteiger partial charge < -0.3 is 8.98 Å². The summed E-state index contributed by atoms with van der Waals surface area (Å²) >= 11 is 0. The molecule has 0 aliphatic rings. The van der Waals surface area contributed by atoms with Gasteiger partial charge in [-0.1, -0.05) is 97.1 Å². The molecule has 0 aliphatic carbocycles. The molecule has 206 valence electrons. The van der Waals surface area contributed by atoms with Crippen molar-refractivity contribution in [3.05, 3.63) is 152 Å². The second-order valence-corrected chi connectivity index (χ2v) is 11.1. The Hall–Kier alpha value is -6.00. The fourth-order valence-corrected chi connectivity index (χ4v) is 6.61. The summed E-state index contributed by atoms with van der Waals surface area (Å²) in [4.78, 5) is 8.65. The van der Waals surface area contributed by atoms with Gasteiger partial charge in [0, 0.05) is 21.8 Å². The van der Waals surface area contributed by atoms with Crippen LogP contribution >= 0.6 is 0 Å². The van der Waals surface area contributed by atoms with Crippen LogP contribution in [0.1, 0.15) is 0 Å². The average Bonchev–Trinajstić information content (AvgIpc) is 3.48. The lowest BCUT2D eigenvalue weighted by atomic mass is 9.98. The molecule has 4 nitrogen and oxygen atoms in total. The van der Waals surface area contributed by atoms with Crippen molar-refractivity contribution in [3.63, 3.8) is 0 Å². The molecule has 6 aromatic carbocycles. The molecule has 0 amide bonds. The first-order valence-corrected chi connectivity index (χ1v) is 14.7. The Bertz CT molecular complexity index is 2610. The summed E-state index contributed by atoms with van der Waals surface area (Å²) in [6.45, 7) is 0. The number of fused-ring (bicyclic) bond motifs is 10. The van der Waals surface area contributed by atoms with Crippen LogP contribution in [0.4, 0.5) is 0 Å². The van der Waals surface area contributed by atoms with Crippen LogP contribution in [-0.4, -0.2) is 14.5 Å². The van der Waals surface area contributed by atoms with Crippen molar-refractivity contribution in [2.45, 2.75) is 0 Å². The van der Waals surface area contributed by atoms with E-state index in [1.54, 1.807) is 12.5 Å². The molecule has 4 heteroatoms. The van der Waals surface area contributed by atoms with Crippen molar-refractivity contribution < 1.29 is 4.42 Å². The van der Waals surface area contributed by atoms with Crippen molar-refractivity contribution >= 4 is 65.4 Å². The highest BCUT2D eigenvalue weighted by molar-refractivity contribution is 6.20. The van der Waals surface area contributed by atoms with E-state index >= 15 is 0 Å². The van der Waals surface area contributed by atoms with Crippen molar-refractivity contribution in [2.75, 3.05) is 0 Å². The van der Waals surface area contributed by atoms with Gasteiger partial charge >= 0.3 is 0 Å². The van der Waals surface area contributed by atoms with E-state index in [0.29, 0.717) is 5.58 Å². The molecule has 0 unspecified atom stereocenters. The first kappa shape index (κ1) is 24.6. The Kier molecular flexibility index (Phi) is 5.47. The topological polar surface area (TPSA) is 43.9 Å². The van der Waals surface area contributed by atoms with Gasteiger partial charge in [-0.05, 0) is 75.1 Å². The van der Waals surface area contributed by atoms with E-state index in [-0.39, 0.29) is 0 Å². The SMILES string of the molecule is c1ccc(-n2c3ccccc3c3ccccc3c3ccccc3c3cc(-c4ccc5oc6cncnc6c5c4)ccc32)cc1. The van der Waals surface area contributed by atoms with Crippen molar-refractivity contribution in [2.24, 2.45) is 0 Å². The number of nitrogens with zero attached hydrogens (tertiary/aromatic N) is 3. The molecular formula is C40H25N3O. The predicted molar refractivity (Wildman–Crippen MR) is 182 cm³/mol. The number of hydrogen-bond acceptors (Lipinski definition) is 3. The molecule has 0 bridgehead atoms. The van der Waals surface area contributed by atoms with E-state index in [1.807, 2.05) is 6.07 Å². The van der Waals surface area contributed by atoms with Gasteiger partial charge in [0.05, 0.1) is 17.2 Å². The third kappa shape index (κ3) is 3.78. The zero-order valence-electron chi connectivity index (χ0n) is 23.7. The summed E-state index contributed by atoms with van der Waals surface area (Å²) in [6.07, 6.45) is 3.30. The van der Waals surface area contributed by atoms with Crippen LogP contribution in [0.25, 0.3) is 82.2 Å². The quantitative estimate of drug-likeness (QED) is 0.210. The van der Waals surface area contributed by atoms with Gasteiger partial charge in [-0.3, -0.25) is 0 Å². The molecule has 0 radical (unpaired) electrons. The third-order valence-electron chi connectivity index (χ3n) is 8.59. The first-order valence-electron chi connectivity index (χ1n) is 14.7. The monoisotopic (exact) mass is 563 g/mol. The third-order valence-corrected chi connectivity index (χ3v) is 8.59. The normalized spacial score (nSPS) is 11.6. The Labute approximate surface area is 252 Å². The summed E-state index contributed by atoms with van der Waals surface area (Å²) < 4.78 is 8.42. The maximum Gasteiger partial charge on any atom is 0.172 e. The lowest BCUT2D eigenvalue weighted by Crippen LogP contribution is -1.97. The van der Waals surface area contributed by atoms with Crippen LogP contribution in [-0.2, 0) is 0 Å².